The second-order valence-corrected chi connectivity index (χ2v) is 11.2. The number of nitrogens with zero attached hydrogens (tertiary/aromatic N) is 2. The Kier molecular flexibility index (Phi) is 3.82. The number of fused-ring (bicyclic) bond motifs is 5. The Balaban J connectivity index is 1.52. The van der Waals surface area contributed by atoms with Gasteiger partial charge in [-0.1, -0.05) is 70.2 Å². The van der Waals surface area contributed by atoms with Crippen LogP contribution in [0.4, 0.5) is 17.2 Å². The van der Waals surface area contributed by atoms with Crippen LogP contribution in [0.1, 0.15) is 45.2 Å². The normalized spacial score (nSPS) is 17.9. The molecule has 0 bridgehead atoms. The summed E-state index contributed by atoms with van der Waals surface area (Å²) < 4.78 is 6.64. The molecule has 2 aliphatic heterocycles. The van der Waals surface area contributed by atoms with Gasteiger partial charge in [-0.25, -0.2) is 4.98 Å². The lowest BCUT2D eigenvalue weighted by atomic mass is 9.34. The number of hydrogen-bond acceptors (Lipinski definition) is 3. The molecule has 3 aromatic carbocycles. The van der Waals surface area contributed by atoms with Crippen LogP contribution in [0.5, 0.6) is 11.5 Å². The van der Waals surface area contributed by atoms with Crippen LogP contribution in [-0.2, 0) is 10.8 Å². The van der Waals surface area contributed by atoms with Crippen LogP contribution in [-0.4, -0.2) is 11.7 Å². The Bertz CT molecular complexity index is 1470. The molecule has 7 rings (SSSR count). The summed E-state index contributed by atoms with van der Waals surface area (Å²) in [4.78, 5) is 7.19. The van der Waals surface area contributed by atoms with Gasteiger partial charge in [0.1, 0.15) is 17.3 Å². The van der Waals surface area contributed by atoms with Crippen molar-refractivity contribution in [3.8, 4) is 11.5 Å². The van der Waals surface area contributed by atoms with Crippen LogP contribution >= 0.6 is 0 Å². The van der Waals surface area contributed by atoms with Gasteiger partial charge in [0.15, 0.2) is 0 Å². The molecule has 4 aromatic rings. The van der Waals surface area contributed by atoms with E-state index in [4.69, 9.17) is 9.72 Å². The molecule has 3 nitrogen and oxygen atoms in total. The molecule has 0 saturated carbocycles. The summed E-state index contributed by atoms with van der Waals surface area (Å²) >= 11 is 0. The van der Waals surface area contributed by atoms with Gasteiger partial charge in [-0.15, -0.1) is 0 Å². The van der Waals surface area contributed by atoms with Crippen molar-refractivity contribution in [2.24, 2.45) is 0 Å². The van der Waals surface area contributed by atoms with E-state index in [0.717, 1.165) is 34.9 Å². The van der Waals surface area contributed by atoms with Crippen molar-refractivity contribution >= 4 is 40.3 Å². The third-order valence-electron chi connectivity index (χ3n) is 7.96. The highest BCUT2D eigenvalue weighted by Gasteiger charge is 2.47. The van der Waals surface area contributed by atoms with Gasteiger partial charge in [0, 0.05) is 23.0 Å². The molecule has 0 spiro atoms. The highest BCUT2D eigenvalue weighted by atomic mass is 16.5. The fraction of sp³-hybridized carbons (Fsp3) is 0.233. The van der Waals surface area contributed by atoms with Crippen molar-refractivity contribution < 1.29 is 4.74 Å². The van der Waals surface area contributed by atoms with Crippen molar-refractivity contribution in [1.82, 2.24) is 4.98 Å². The summed E-state index contributed by atoms with van der Waals surface area (Å²) in [5.74, 6) is 2.85. The fourth-order valence-corrected chi connectivity index (χ4v) is 6.79. The molecule has 0 unspecified atom stereocenters. The molecule has 0 N–H and O–H groups in total. The molecule has 0 radical (unpaired) electrons. The Labute approximate surface area is 201 Å². The van der Waals surface area contributed by atoms with E-state index in [1.807, 2.05) is 12.3 Å². The molecule has 0 atom stereocenters. The third kappa shape index (κ3) is 2.57. The van der Waals surface area contributed by atoms with E-state index in [9.17, 15) is 0 Å². The van der Waals surface area contributed by atoms with Gasteiger partial charge in [0.05, 0.1) is 0 Å². The number of para-hydroxylation sites is 2. The number of pyridine rings is 1. The van der Waals surface area contributed by atoms with E-state index < -0.39 is 0 Å². The first-order chi connectivity index (χ1) is 16.4. The lowest BCUT2D eigenvalue weighted by molar-refractivity contribution is 0.402. The van der Waals surface area contributed by atoms with E-state index in [-0.39, 0.29) is 17.5 Å². The van der Waals surface area contributed by atoms with Crippen LogP contribution in [0, 0.1) is 0 Å². The first-order valence-electron chi connectivity index (χ1n) is 12.1. The average Bonchev–Trinajstić information content (AvgIpc) is 3.01. The van der Waals surface area contributed by atoms with Gasteiger partial charge in [-0.2, -0.15) is 0 Å². The molecular weight excluding hydrogens is 415 g/mol. The summed E-state index contributed by atoms with van der Waals surface area (Å²) in [5, 5.41) is 0. The Morgan fingerprint density at radius 3 is 2.29 bits per heavy atom. The zero-order chi connectivity index (χ0) is 23.2. The predicted octanol–water partition coefficient (Wildman–Crippen LogP) is 5.45. The lowest BCUT2D eigenvalue weighted by Crippen LogP contribution is -2.60. The van der Waals surface area contributed by atoms with Crippen LogP contribution < -0.4 is 26.0 Å². The van der Waals surface area contributed by atoms with Crippen molar-refractivity contribution in [2.45, 2.75) is 44.9 Å². The van der Waals surface area contributed by atoms with E-state index in [2.05, 4.69) is 99.3 Å². The maximum atomic E-state index is 6.64. The van der Waals surface area contributed by atoms with E-state index in [1.54, 1.807) is 0 Å². The van der Waals surface area contributed by atoms with Crippen molar-refractivity contribution in [3.05, 3.63) is 90.1 Å². The quantitative estimate of drug-likeness (QED) is 0.317. The smallest absolute Gasteiger partial charge is 0.258 e. The predicted molar refractivity (Wildman–Crippen MR) is 141 cm³/mol. The monoisotopic (exact) mass is 442 g/mol. The van der Waals surface area contributed by atoms with E-state index in [1.165, 1.54) is 27.7 Å². The first-order valence-corrected chi connectivity index (χ1v) is 12.1. The van der Waals surface area contributed by atoms with Gasteiger partial charge < -0.3 is 4.74 Å². The molecule has 0 fully saturated rings. The molecule has 3 heterocycles. The van der Waals surface area contributed by atoms with E-state index >= 15 is 0 Å². The number of rotatable bonds is 1. The fourth-order valence-electron chi connectivity index (χ4n) is 6.79. The molecule has 4 heteroatoms. The second kappa shape index (κ2) is 6.53. The van der Waals surface area contributed by atoms with Gasteiger partial charge >= 0.3 is 0 Å². The summed E-state index contributed by atoms with van der Waals surface area (Å²) in [6, 6.07) is 26.1. The average molecular weight is 442 g/mol. The number of benzene rings is 3. The molecule has 0 saturated heterocycles. The van der Waals surface area contributed by atoms with Gasteiger partial charge in [0.2, 0.25) is 0 Å². The van der Waals surface area contributed by atoms with Crippen molar-refractivity contribution in [3.63, 3.8) is 0 Å². The molecular formula is C30H27BN2O. The third-order valence-corrected chi connectivity index (χ3v) is 7.96. The standard InChI is InChI=1S/C30H27BN2O/c1-29(2)18-30(3,4)21-17-26-23(16-20(21)29)31-22-12-8-9-13-24(22)33(19-10-6-5-7-11-19)28-27(31)25(34-26)14-15-32-28/h5-17H,18H2,1-4H3. The summed E-state index contributed by atoms with van der Waals surface area (Å²) in [7, 11) is 0. The van der Waals surface area contributed by atoms with Crippen molar-refractivity contribution in [2.75, 3.05) is 4.90 Å². The zero-order valence-corrected chi connectivity index (χ0v) is 20.1. The highest BCUT2D eigenvalue weighted by Crippen LogP contribution is 2.51. The zero-order valence-electron chi connectivity index (χ0n) is 20.1. The van der Waals surface area contributed by atoms with Crippen LogP contribution in [0.2, 0.25) is 0 Å². The number of hydrogen-bond donors (Lipinski definition) is 0. The van der Waals surface area contributed by atoms with Crippen LogP contribution in [0.25, 0.3) is 0 Å². The second-order valence-electron chi connectivity index (χ2n) is 11.2. The topological polar surface area (TPSA) is 25.4 Å². The van der Waals surface area contributed by atoms with Crippen LogP contribution in [0.15, 0.2) is 79.0 Å². The SMILES string of the molecule is CC1(C)CC(C)(C)c2cc3c(cc21)Oc1ccnc2c1B3c1ccccc1N2c1ccccc1. The Morgan fingerprint density at radius 1 is 0.794 bits per heavy atom. The first kappa shape index (κ1) is 19.9. The maximum Gasteiger partial charge on any atom is 0.258 e. The summed E-state index contributed by atoms with van der Waals surface area (Å²) in [5.41, 5.74) is 9.15. The molecule has 0 amide bonds. The molecule has 1 aromatic heterocycles. The van der Waals surface area contributed by atoms with E-state index in [0.29, 0.717) is 0 Å². The highest BCUT2D eigenvalue weighted by molar-refractivity contribution is 6.99. The van der Waals surface area contributed by atoms with Gasteiger partial charge in [-0.3, -0.25) is 4.90 Å². The van der Waals surface area contributed by atoms with Gasteiger partial charge in [-0.05, 0) is 69.6 Å². The van der Waals surface area contributed by atoms with Gasteiger partial charge in [0.25, 0.3) is 6.71 Å². The molecule has 166 valence electrons. The molecule has 1 aliphatic carbocycles. The minimum Gasteiger partial charge on any atom is -0.458 e. The number of aromatic nitrogens is 1. The minimum absolute atomic E-state index is 0.100. The Hall–Kier alpha value is -3.53. The number of ether oxygens (including phenoxy) is 1. The molecule has 3 aliphatic rings. The number of anilines is 3. The molecule has 34 heavy (non-hydrogen) atoms. The minimum atomic E-state index is 0.100. The Morgan fingerprint density at radius 2 is 1.50 bits per heavy atom. The lowest BCUT2D eigenvalue weighted by Gasteiger charge is -2.39. The largest absolute Gasteiger partial charge is 0.458 e. The maximum absolute atomic E-state index is 6.64. The summed E-state index contributed by atoms with van der Waals surface area (Å²) in [6.07, 6.45) is 3.02. The summed E-state index contributed by atoms with van der Waals surface area (Å²) in [6.45, 7) is 9.58. The van der Waals surface area contributed by atoms with Crippen LogP contribution in [0.3, 0.4) is 0 Å². The van der Waals surface area contributed by atoms with Crippen molar-refractivity contribution in [1.29, 1.82) is 0 Å².